The molecule has 1 aliphatic rings. The van der Waals surface area contributed by atoms with Gasteiger partial charge in [-0.2, -0.15) is 0 Å². The molecule has 0 amide bonds. The number of rotatable bonds is 4. The van der Waals surface area contributed by atoms with Crippen molar-refractivity contribution in [1.29, 1.82) is 0 Å². The molecule has 0 aromatic carbocycles. The van der Waals surface area contributed by atoms with E-state index in [0.717, 1.165) is 12.8 Å². The first-order valence-electron chi connectivity index (χ1n) is 6.36. The van der Waals surface area contributed by atoms with Gasteiger partial charge in [-0.05, 0) is 46.7 Å². The number of halogens is 2. The fraction of sp³-hybridized carbons (Fsp3) is 0.615. The summed E-state index contributed by atoms with van der Waals surface area (Å²) < 4.78 is 14.2. The van der Waals surface area contributed by atoms with E-state index < -0.39 is 0 Å². The summed E-state index contributed by atoms with van der Waals surface area (Å²) in [6, 6.07) is 1.40. The van der Waals surface area contributed by atoms with Crippen LogP contribution in [0.2, 0.25) is 0 Å². The molecule has 0 aliphatic heterocycles. The molecule has 1 saturated carbocycles. The van der Waals surface area contributed by atoms with Crippen LogP contribution in [0, 0.1) is 17.7 Å². The number of hydrogen-bond acceptors (Lipinski definition) is 3. The highest BCUT2D eigenvalue weighted by atomic mass is 79.9. The summed E-state index contributed by atoms with van der Waals surface area (Å²) in [5, 5.41) is 12.4. The minimum atomic E-state index is -0.347. The molecule has 1 aromatic rings. The highest BCUT2D eigenvalue weighted by molar-refractivity contribution is 9.10. The maximum Gasteiger partial charge on any atom is 0.166 e. The Morgan fingerprint density at radius 2 is 2.11 bits per heavy atom. The second-order valence-electron chi connectivity index (χ2n) is 4.85. The van der Waals surface area contributed by atoms with Gasteiger partial charge in [0.15, 0.2) is 11.6 Å². The van der Waals surface area contributed by atoms with Crippen LogP contribution in [0.5, 0.6) is 0 Å². The largest absolute Gasteiger partial charge is 0.396 e. The predicted molar refractivity (Wildman–Crippen MR) is 72.9 cm³/mol. The minimum Gasteiger partial charge on any atom is -0.396 e. The van der Waals surface area contributed by atoms with Gasteiger partial charge in [0.05, 0.1) is 0 Å². The Hall–Kier alpha value is -0.680. The van der Waals surface area contributed by atoms with Crippen LogP contribution in [-0.4, -0.2) is 23.2 Å². The van der Waals surface area contributed by atoms with Gasteiger partial charge in [0.25, 0.3) is 0 Å². The van der Waals surface area contributed by atoms with Crippen LogP contribution in [0.1, 0.15) is 25.7 Å². The molecular formula is C13H18BrFN2O. The van der Waals surface area contributed by atoms with E-state index in [2.05, 4.69) is 26.2 Å². The molecule has 0 bridgehead atoms. The highest BCUT2D eigenvalue weighted by Crippen LogP contribution is 2.30. The number of anilines is 1. The van der Waals surface area contributed by atoms with Gasteiger partial charge in [-0.3, -0.25) is 0 Å². The zero-order valence-corrected chi connectivity index (χ0v) is 11.8. The van der Waals surface area contributed by atoms with Crippen molar-refractivity contribution < 1.29 is 9.50 Å². The summed E-state index contributed by atoms with van der Waals surface area (Å²) in [5.41, 5.74) is 0. The summed E-state index contributed by atoms with van der Waals surface area (Å²) in [6.07, 6.45) is 6.12. The Labute approximate surface area is 115 Å². The summed E-state index contributed by atoms with van der Waals surface area (Å²) in [5.74, 6) is 0.694. The molecule has 2 N–H and O–H groups in total. The SMILES string of the molecule is OCC1CCCCC1CNc1ncc(Br)cc1F. The lowest BCUT2D eigenvalue weighted by Gasteiger charge is -2.30. The average Bonchev–Trinajstić information content (AvgIpc) is 2.38. The number of aliphatic hydroxyl groups is 1. The monoisotopic (exact) mass is 316 g/mol. The van der Waals surface area contributed by atoms with Crippen molar-refractivity contribution >= 4 is 21.7 Å². The first-order chi connectivity index (χ1) is 8.70. The molecule has 1 aliphatic carbocycles. The van der Waals surface area contributed by atoms with Gasteiger partial charge in [-0.25, -0.2) is 9.37 Å². The lowest BCUT2D eigenvalue weighted by molar-refractivity contribution is 0.141. The first-order valence-corrected chi connectivity index (χ1v) is 7.15. The molecule has 3 nitrogen and oxygen atoms in total. The Balaban J connectivity index is 1.93. The topological polar surface area (TPSA) is 45.1 Å². The Morgan fingerprint density at radius 3 is 2.78 bits per heavy atom. The molecule has 2 rings (SSSR count). The summed E-state index contributed by atoms with van der Waals surface area (Å²) in [6.45, 7) is 0.902. The zero-order chi connectivity index (χ0) is 13.0. The third kappa shape index (κ3) is 3.42. The molecule has 0 spiro atoms. The molecule has 18 heavy (non-hydrogen) atoms. The van der Waals surface area contributed by atoms with Crippen molar-refractivity contribution in [3.63, 3.8) is 0 Å². The van der Waals surface area contributed by atoms with Crippen LogP contribution in [0.4, 0.5) is 10.2 Å². The first kappa shape index (κ1) is 13.7. The summed E-state index contributed by atoms with van der Waals surface area (Å²) >= 11 is 3.18. The molecule has 0 saturated heterocycles. The predicted octanol–water partition coefficient (Wildman–Crippen LogP) is 3.19. The number of nitrogens with zero attached hydrogens (tertiary/aromatic N) is 1. The van der Waals surface area contributed by atoms with Crippen molar-refractivity contribution in [3.05, 3.63) is 22.6 Å². The van der Waals surface area contributed by atoms with Crippen LogP contribution in [0.25, 0.3) is 0 Å². The van der Waals surface area contributed by atoms with E-state index >= 15 is 0 Å². The van der Waals surface area contributed by atoms with Crippen LogP contribution in [0.3, 0.4) is 0 Å². The van der Waals surface area contributed by atoms with E-state index in [1.54, 1.807) is 6.20 Å². The smallest absolute Gasteiger partial charge is 0.166 e. The number of aromatic nitrogens is 1. The Morgan fingerprint density at radius 1 is 1.39 bits per heavy atom. The van der Waals surface area contributed by atoms with E-state index in [4.69, 9.17) is 0 Å². The molecule has 0 radical (unpaired) electrons. The van der Waals surface area contributed by atoms with E-state index in [1.165, 1.54) is 18.9 Å². The fourth-order valence-corrected chi connectivity index (χ4v) is 2.87. The van der Waals surface area contributed by atoms with E-state index in [9.17, 15) is 9.50 Å². The van der Waals surface area contributed by atoms with Gasteiger partial charge in [-0.15, -0.1) is 0 Å². The third-order valence-electron chi connectivity index (χ3n) is 3.64. The molecular weight excluding hydrogens is 299 g/mol. The second kappa shape index (κ2) is 6.48. The minimum absolute atomic E-state index is 0.225. The van der Waals surface area contributed by atoms with Gasteiger partial charge < -0.3 is 10.4 Å². The lowest BCUT2D eigenvalue weighted by Crippen LogP contribution is -2.29. The van der Waals surface area contributed by atoms with Crippen molar-refractivity contribution in [3.8, 4) is 0 Å². The number of pyridine rings is 1. The Kier molecular flexibility index (Phi) is 4.95. The zero-order valence-electron chi connectivity index (χ0n) is 10.2. The molecule has 1 fully saturated rings. The molecule has 1 heterocycles. The molecule has 1 aromatic heterocycles. The van der Waals surface area contributed by atoms with Gasteiger partial charge in [0, 0.05) is 23.8 Å². The molecule has 2 unspecified atom stereocenters. The van der Waals surface area contributed by atoms with E-state index in [1.807, 2.05) is 0 Å². The summed E-state index contributed by atoms with van der Waals surface area (Å²) in [4.78, 5) is 4.02. The fourth-order valence-electron chi connectivity index (χ4n) is 2.57. The van der Waals surface area contributed by atoms with Crippen molar-refractivity contribution in [2.24, 2.45) is 11.8 Å². The maximum atomic E-state index is 13.6. The Bertz CT molecular complexity index is 403. The normalized spacial score (nSPS) is 23.9. The number of aliphatic hydroxyl groups excluding tert-OH is 1. The molecule has 100 valence electrons. The van der Waals surface area contributed by atoms with Crippen LogP contribution in [-0.2, 0) is 0 Å². The van der Waals surface area contributed by atoms with E-state index in [-0.39, 0.29) is 12.4 Å². The van der Waals surface area contributed by atoms with Gasteiger partial charge in [0.1, 0.15) is 0 Å². The van der Waals surface area contributed by atoms with Crippen LogP contribution < -0.4 is 5.32 Å². The second-order valence-corrected chi connectivity index (χ2v) is 5.77. The van der Waals surface area contributed by atoms with Crippen molar-refractivity contribution in [1.82, 2.24) is 4.98 Å². The van der Waals surface area contributed by atoms with Gasteiger partial charge >= 0.3 is 0 Å². The third-order valence-corrected chi connectivity index (χ3v) is 4.07. The van der Waals surface area contributed by atoms with Crippen LogP contribution >= 0.6 is 15.9 Å². The maximum absolute atomic E-state index is 13.6. The quantitative estimate of drug-likeness (QED) is 0.896. The highest BCUT2D eigenvalue weighted by Gasteiger charge is 2.24. The number of nitrogens with one attached hydrogen (secondary N) is 1. The van der Waals surface area contributed by atoms with Gasteiger partial charge in [-0.1, -0.05) is 12.8 Å². The molecule has 5 heteroatoms. The standard InChI is InChI=1S/C13H18BrFN2O/c14-11-5-12(15)13(17-7-11)16-6-9-3-1-2-4-10(9)8-18/h5,7,9-10,18H,1-4,6,8H2,(H,16,17). The van der Waals surface area contributed by atoms with E-state index in [0.29, 0.717) is 28.7 Å². The van der Waals surface area contributed by atoms with Crippen LogP contribution in [0.15, 0.2) is 16.7 Å². The van der Waals surface area contributed by atoms with Crippen molar-refractivity contribution in [2.45, 2.75) is 25.7 Å². The average molecular weight is 317 g/mol. The number of hydrogen-bond donors (Lipinski definition) is 2. The lowest BCUT2D eigenvalue weighted by atomic mass is 9.79. The molecule has 2 atom stereocenters. The van der Waals surface area contributed by atoms with Crippen molar-refractivity contribution in [2.75, 3.05) is 18.5 Å². The summed E-state index contributed by atoms with van der Waals surface area (Å²) in [7, 11) is 0. The van der Waals surface area contributed by atoms with Gasteiger partial charge in [0.2, 0.25) is 0 Å².